The van der Waals surface area contributed by atoms with Gasteiger partial charge in [0.25, 0.3) is 0 Å². The van der Waals surface area contributed by atoms with E-state index in [9.17, 15) is 14.7 Å². The lowest BCUT2D eigenvalue weighted by Crippen LogP contribution is -2.45. The molecule has 17 heavy (non-hydrogen) atoms. The number of carbonyl (C=O) groups is 2. The van der Waals surface area contributed by atoms with Crippen molar-refractivity contribution in [3.63, 3.8) is 0 Å². The number of rotatable bonds is 6. The van der Waals surface area contributed by atoms with E-state index in [-0.39, 0.29) is 12.0 Å². The maximum absolute atomic E-state index is 11.4. The number of methoxy groups -OCH3 is 2. The molecule has 0 rings (SSSR count). The third-order valence-electron chi connectivity index (χ3n) is 2.46. The van der Waals surface area contributed by atoms with Crippen molar-refractivity contribution in [1.29, 1.82) is 0 Å². The van der Waals surface area contributed by atoms with Gasteiger partial charge in [-0.15, -0.1) is 0 Å². The van der Waals surface area contributed by atoms with Gasteiger partial charge in [-0.1, -0.05) is 13.8 Å². The average Bonchev–Trinajstić information content (AvgIpc) is 2.32. The van der Waals surface area contributed by atoms with E-state index in [0.29, 0.717) is 0 Å². The summed E-state index contributed by atoms with van der Waals surface area (Å²) in [6.07, 6.45) is -3.36. The van der Waals surface area contributed by atoms with E-state index in [1.54, 1.807) is 6.92 Å². The zero-order valence-electron chi connectivity index (χ0n) is 10.8. The highest BCUT2D eigenvalue weighted by atomic mass is 16.6. The standard InChI is InChI=1S/C11H20O6/c1-6(2)7(3)17-9(11(14)16-5)8(12)10(13)15-4/h6-9,12H,1-5H3/t7-,8-,9-/m1/s1. The number of carbonyl (C=O) groups excluding carboxylic acids is 2. The maximum atomic E-state index is 11.4. The van der Waals surface area contributed by atoms with Crippen LogP contribution in [-0.2, 0) is 23.8 Å². The Morgan fingerprint density at radius 1 is 1.00 bits per heavy atom. The number of aliphatic hydroxyl groups is 1. The predicted molar refractivity (Wildman–Crippen MR) is 59.2 cm³/mol. The molecule has 0 heterocycles. The van der Waals surface area contributed by atoms with Crippen LogP contribution in [0.15, 0.2) is 0 Å². The number of hydrogen-bond acceptors (Lipinski definition) is 6. The van der Waals surface area contributed by atoms with Crippen molar-refractivity contribution in [3.8, 4) is 0 Å². The summed E-state index contributed by atoms with van der Waals surface area (Å²) in [6.45, 7) is 5.53. The van der Waals surface area contributed by atoms with Gasteiger partial charge in [0.15, 0.2) is 12.2 Å². The molecule has 0 unspecified atom stereocenters. The SMILES string of the molecule is COC(=O)[C@H](O)[C@@H](O[C@H](C)C(C)C)C(=O)OC. The number of esters is 2. The number of hydrogen-bond donors (Lipinski definition) is 1. The summed E-state index contributed by atoms with van der Waals surface area (Å²) in [6, 6.07) is 0. The normalized spacial score (nSPS) is 16.2. The first-order chi connectivity index (χ1) is 7.84. The lowest BCUT2D eigenvalue weighted by Gasteiger charge is -2.25. The Balaban J connectivity index is 4.76. The molecule has 0 amide bonds. The Labute approximate surface area is 101 Å². The second-order valence-electron chi connectivity index (χ2n) is 4.00. The summed E-state index contributed by atoms with van der Waals surface area (Å²) >= 11 is 0. The quantitative estimate of drug-likeness (QED) is 0.672. The Bertz CT molecular complexity index is 263. The molecule has 100 valence electrons. The highest BCUT2D eigenvalue weighted by molar-refractivity contribution is 5.85. The lowest BCUT2D eigenvalue weighted by atomic mass is 10.1. The molecule has 0 aliphatic heterocycles. The van der Waals surface area contributed by atoms with Gasteiger partial charge in [-0.05, 0) is 12.8 Å². The molecule has 3 atom stereocenters. The Morgan fingerprint density at radius 3 is 1.82 bits per heavy atom. The minimum absolute atomic E-state index is 0.131. The molecule has 0 saturated carbocycles. The van der Waals surface area contributed by atoms with Gasteiger partial charge in [0, 0.05) is 0 Å². The molecule has 0 radical (unpaired) electrons. The first-order valence-electron chi connectivity index (χ1n) is 5.34. The van der Waals surface area contributed by atoms with Gasteiger partial charge in [0.2, 0.25) is 0 Å². The minimum atomic E-state index is -1.69. The fourth-order valence-corrected chi connectivity index (χ4v) is 1.01. The zero-order valence-corrected chi connectivity index (χ0v) is 10.8. The van der Waals surface area contributed by atoms with Crippen molar-refractivity contribution >= 4 is 11.9 Å². The van der Waals surface area contributed by atoms with Gasteiger partial charge in [-0.2, -0.15) is 0 Å². The van der Waals surface area contributed by atoms with Gasteiger partial charge >= 0.3 is 11.9 Å². The van der Waals surface area contributed by atoms with E-state index < -0.39 is 24.1 Å². The minimum Gasteiger partial charge on any atom is -0.467 e. The van der Waals surface area contributed by atoms with Crippen molar-refractivity contribution in [2.45, 2.75) is 39.1 Å². The molecular weight excluding hydrogens is 228 g/mol. The largest absolute Gasteiger partial charge is 0.467 e. The third kappa shape index (κ3) is 4.70. The van der Waals surface area contributed by atoms with E-state index in [0.717, 1.165) is 14.2 Å². The van der Waals surface area contributed by atoms with E-state index in [2.05, 4.69) is 9.47 Å². The van der Waals surface area contributed by atoms with Crippen LogP contribution in [0.1, 0.15) is 20.8 Å². The molecule has 0 fully saturated rings. The van der Waals surface area contributed by atoms with Crippen LogP contribution in [0.3, 0.4) is 0 Å². The molecule has 0 saturated heterocycles. The summed E-state index contributed by atoms with van der Waals surface area (Å²) < 4.78 is 14.2. The second-order valence-corrected chi connectivity index (χ2v) is 4.00. The topological polar surface area (TPSA) is 82.1 Å². The van der Waals surface area contributed by atoms with Crippen molar-refractivity contribution in [1.82, 2.24) is 0 Å². The number of ether oxygens (including phenoxy) is 3. The van der Waals surface area contributed by atoms with Crippen molar-refractivity contribution in [3.05, 3.63) is 0 Å². The first-order valence-corrected chi connectivity index (χ1v) is 5.34. The van der Waals surface area contributed by atoms with Gasteiger partial charge in [0.1, 0.15) is 0 Å². The average molecular weight is 248 g/mol. The van der Waals surface area contributed by atoms with Crippen LogP contribution in [0.4, 0.5) is 0 Å². The van der Waals surface area contributed by atoms with Crippen LogP contribution in [0.25, 0.3) is 0 Å². The molecule has 0 aliphatic carbocycles. The smallest absolute Gasteiger partial charge is 0.338 e. The van der Waals surface area contributed by atoms with E-state index in [1.165, 1.54) is 0 Å². The molecule has 0 aromatic rings. The monoisotopic (exact) mass is 248 g/mol. The van der Waals surface area contributed by atoms with Crippen LogP contribution >= 0.6 is 0 Å². The lowest BCUT2D eigenvalue weighted by molar-refractivity contribution is -0.180. The third-order valence-corrected chi connectivity index (χ3v) is 2.46. The fraction of sp³-hybridized carbons (Fsp3) is 0.818. The fourth-order valence-electron chi connectivity index (χ4n) is 1.01. The van der Waals surface area contributed by atoms with Gasteiger partial charge in [-0.25, -0.2) is 9.59 Å². The van der Waals surface area contributed by atoms with Gasteiger partial charge in [-0.3, -0.25) is 0 Å². The van der Waals surface area contributed by atoms with Crippen LogP contribution in [0.5, 0.6) is 0 Å². The highest BCUT2D eigenvalue weighted by Gasteiger charge is 2.36. The van der Waals surface area contributed by atoms with Crippen LogP contribution in [0, 0.1) is 5.92 Å². The summed E-state index contributed by atoms with van der Waals surface area (Å²) in [5.41, 5.74) is 0. The molecule has 0 aliphatic rings. The maximum Gasteiger partial charge on any atom is 0.338 e. The Kier molecular flexibility index (Phi) is 6.75. The van der Waals surface area contributed by atoms with E-state index in [1.807, 2.05) is 13.8 Å². The van der Waals surface area contributed by atoms with Gasteiger partial charge < -0.3 is 19.3 Å². The van der Waals surface area contributed by atoms with E-state index in [4.69, 9.17) is 4.74 Å². The van der Waals surface area contributed by atoms with Gasteiger partial charge in [0.05, 0.1) is 20.3 Å². The summed E-state index contributed by atoms with van der Waals surface area (Å²) in [7, 11) is 2.27. The number of aliphatic hydroxyl groups excluding tert-OH is 1. The molecule has 1 N–H and O–H groups in total. The van der Waals surface area contributed by atoms with Crippen LogP contribution in [0.2, 0.25) is 0 Å². The van der Waals surface area contributed by atoms with Crippen molar-refractivity contribution in [2.24, 2.45) is 5.92 Å². The summed E-state index contributed by atoms with van der Waals surface area (Å²) in [5.74, 6) is -1.61. The molecule has 6 nitrogen and oxygen atoms in total. The molecular formula is C11H20O6. The summed E-state index contributed by atoms with van der Waals surface area (Å²) in [4.78, 5) is 22.6. The molecule has 0 bridgehead atoms. The summed E-state index contributed by atoms with van der Waals surface area (Å²) in [5, 5.41) is 9.61. The predicted octanol–water partition coefficient (Wildman–Crippen LogP) is 0.123. The van der Waals surface area contributed by atoms with Crippen molar-refractivity contribution in [2.75, 3.05) is 14.2 Å². The Hall–Kier alpha value is -1.14. The zero-order chi connectivity index (χ0) is 13.6. The van der Waals surface area contributed by atoms with Crippen molar-refractivity contribution < 1.29 is 28.9 Å². The van der Waals surface area contributed by atoms with Crippen LogP contribution in [-0.4, -0.2) is 49.6 Å². The molecule has 6 heteroatoms. The molecule has 0 aromatic carbocycles. The highest BCUT2D eigenvalue weighted by Crippen LogP contribution is 2.13. The first kappa shape index (κ1) is 15.9. The van der Waals surface area contributed by atoms with E-state index >= 15 is 0 Å². The molecule has 0 aromatic heterocycles. The second kappa shape index (κ2) is 7.24. The Morgan fingerprint density at radius 2 is 1.47 bits per heavy atom. The van der Waals surface area contributed by atoms with Crippen LogP contribution < -0.4 is 0 Å². The molecule has 0 spiro atoms.